The number of hydrogen-bond acceptors (Lipinski definition) is 5. The summed E-state index contributed by atoms with van der Waals surface area (Å²) in [6, 6.07) is 21.2. The lowest BCUT2D eigenvalue weighted by atomic mass is 9.96. The van der Waals surface area contributed by atoms with Crippen LogP contribution in [0.1, 0.15) is 42.0 Å². The highest BCUT2D eigenvalue weighted by atomic mass is 32.2. The number of aryl methyl sites for hydroxylation is 2. The van der Waals surface area contributed by atoms with E-state index in [1.165, 1.54) is 4.31 Å². The van der Waals surface area contributed by atoms with Crippen molar-refractivity contribution in [2.45, 2.75) is 50.5 Å². The summed E-state index contributed by atoms with van der Waals surface area (Å²) in [5.74, 6) is -0.679. The summed E-state index contributed by atoms with van der Waals surface area (Å²) in [6.45, 7) is 5.68. The Hall–Kier alpha value is -3.49. The van der Waals surface area contributed by atoms with Gasteiger partial charge in [-0.1, -0.05) is 59.7 Å². The molecule has 1 aliphatic carbocycles. The molecule has 0 heterocycles. The van der Waals surface area contributed by atoms with Crippen LogP contribution in [0.15, 0.2) is 77.7 Å². The van der Waals surface area contributed by atoms with E-state index in [1.54, 1.807) is 43.3 Å². The van der Waals surface area contributed by atoms with Crippen LogP contribution in [-0.2, 0) is 36.3 Å². The Morgan fingerprint density at radius 2 is 1.46 bits per heavy atom. The highest BCUT2D eigenvalue weighted by Gasteiger charge is 2.52. The predicted molar refractivity (Wildman–Crippen MR) is 143 cm³/mol. The van der Waals surface area contributed by atoms with Crippen LogP contribution in [0, 0.1) is 13.8 Å². The van der Waals surface area contributed by atoms with Gasteiger partial charge in [-0.05, 0) is 69.0 Å². The number of carbonyl (C=O) groups is 2. The molecule has 8 heteroatoms. The molecule has 0 aliphatic heterocycles. The smallest absolute Gasteiger partial charge is 0.316 e. The number of carbonyl (C=O) groups excluding carboxylic acids is 2. The standard InChI is InChI=1S/C29H32N2O5S/c1-4-36-28(33)29(17-18-29)24-11-13-25(14-12-24)30-27(32)20-31(19-23-9-5-21(2)6-10-23)37(34,35)26-15-7-22(3)8-16-26/h5-16H,4,17-20H2,1-3H3,(H,30,32). The molecule has 1 aliphatic rings. The first-order valence-electron chi connectivity index (χ1n) is 12.3. The third-order valence-electron chi connectivity index (χ3n) is 6.60. The van der Waals surface area contributed by atoms with Gasteiger partial charge in [0.25, 0.3) is 0 Å². The average Bonchev–Trinajstić information content (AvgIpc) is 3.68. The van der Waals surface area contributed by atoms with Crippen LogP contribution < -0.4 is 5.32 Å². The molecule has 0 radical (unpaired) electrons. The Morgan fingerprint density at radius 3 is 2.00 bits per heavy atom. The van der Waals surface area contributed by atoms with Crippen LogP contribution in [0.4, 0.5) is 5.69 Å². The Bertz CT molecular complexity index is 1360. The van der Waals surface area contributed by atoms with E-state index in [1.807, 2.05) is 50.2 Å². The summed E-state index contributed by atoms with van der Waals surface area (Å²) in [4.78, 5) is 25.5. The molecule has 7 nitrogen and oxygen atoms in total. The lowest BCUT2D eigenvalue weighted by molar-refractivity contribution is -0.146. The van der Waals surface area contributed by atoms with Gasteiger partial charge in [-0.3, -0.25) is 9.59 Å². The topological polar surface area (TPSA) is 92.8 Å². The molecule has 0 atom stereocenters. The van der Waals surface area contributed by atoms with E-state index in [4.69, 9.17) is 4.74 Å². The molecule has 1 amide bonds. The molecule has 3 aromatic carbocycles. The van der Waals surface area contributed by atoms with Gasteiger partial charge >= 0.3 is 5.97 Å². The van der Waals surface area contributed by atoms with Crippen molar-refractivity contribution < 1.29 is 22.7 Å². The summed E-state index contributed by atoms with van der Waals surface area (Å²) in [5.41, 5.74) is 3.58. The molecule has 3 aromatic rings. The van der Waals surface area contributed by atoms with Gasteiger partial charge in [0.15, 0.2) is 0 Å². The molecule has 0 spiro atoms. The van der Waals surface area contributed by atoms with E-state index in [0.29, 0.717) is 12.3 Å². The normalized spacial score (nSPS) is 14.3. The minimum absolute atomic E-state index is 0.0604. The van der Waals surface area contributed by atoms with Gasteiger partial charge in [-0.15, -0.1) is 0 Å². The van der Waals surface area contributed by atoms with Gasteiger partial charge in [0.2, 0.25) is 15.9 Å². The van der Waals surface area contributed by atoms with E-state index >= 15 is 0 Å². The second kappa shape index (κ2) is 10.9. The van der Waals surface area contributed by atoms with Crippen LogP contribution in [0.25, 0.3) is 0 Å². The van der Waals surface area contributed by atoms with Crippen molar-refractivity contribution in [3.8, 4) is 0 Å². The largest absolute Gasteiger partial charge is 0.465 e. The molecule has 0 bridgehead atoms. The average molecular weight is 521 g/mol. The fraction of sp³-hybridized carbons (Fsp3) is 0.310. The molecule has 194 valence electrons. The van der Waals surface area contributed by atoms with Crippen molar-refractivity contribution >= 4 is 27.6 Å². The summed E-state index contributed by atoms with van der Waals surface area (Å²) in [7, 11) is -3.93. The maximum atomic E-state index is 13.5. The van der Waals surface area contributed by atoms with Crippen molar-refractivity contribution in [1.29, 1.82) is 0 Å². The van der Waals surface area contributed by atoms with Gasteiger partial charge in [-0.2, -0.15) is 4.31 Å². The molecule has 1 N–H and O–H groups in total. The van der Waals surface area contributed by atoms with Crippen molar-refractivity contribution in [3.63, 3.8) is 0 Å². The second-order valence-corrected chi connectivity index (χ2v) is 11.4. The van der Waals surface area contributed by atoms with Crippen LogP contribution >= 0.6 is 0 Å². The molecule has 4 rings (SSSR count). The van der Waals surface area contributed by atoms with Gasteiger partial charge < -0.3 is 10.1 Å². The van der Waals surface area contributed by atoms with Crippen molar-refractivity contribution in [2.75, 3.05) is 18.5 Å². The van der Waals surface area contributed by atoms with Gasteiger partial charge in [0.05, 0.1) is 23.5 Å². The SMILES string of the molecule is CCOC(=O)C1(c2ccc(NC(=O)CN(Cc3ccc(C)cc3)S(=O)(=O)c3ccc(C)cc3)cc2)CC1. The Labute approximate surface area is 218 Å². The maximum absolute atomic E-state index is 13.5. The first-order valence-corrected chi connectivity index (χ1v) is 13.8. The van der Waals surface area contributed by atoms with E-state index in [2.05, 4.69) is 5.32 Å². The highest BCUT2D eigenvalue weighted by Crippen LogP contribution is 2.49. The van der Waals surface area contributed by atoms with Crippen LogP contribution in [0.5, 0.6) is 0 Å². The number of nitrogens with zero attached hydrogens (tertiary/aromatic N) is 1. The van der Waals surface area contributed by atoms with E-state index in [9.17, 15) is 18.0 Å². The van der Waals surface area contributed by atoms with Crippen LogP contribution in [0.2, 0.25) is 0 Å². The number of anilines is 1. The zero-order chi connectivity index (χ0) is 26.6. The van der Waals surface area contributed by atoms with E-state index < -0.39 is 21.3 Å². The van der Waals surface area contributed by atoms with Crippen molar-refractivity contribution in [1.82, 2.24) is 4.31 Å². The second-order valence-electron chi connectivity index (χ2n) is 9.50. The minimum atomic E-state index is -3.93. The fourth-order valence-corrected chi connectivity index (χ4v) is 5.60. The fourth-order valence-electron chi connectivity index (χ4n) is 4.22. The highest BCUT2D eigenvalue weighted by molar-refractivity contribution is 7.89. The van der Waals surface area contributed by atoms with E-state index in [-0.39, 0.29) is 24.0 Å². The number of esters is 1. The van der Waals surface area contributed by atoms with Crippen molar-refractivity contribution in [3.05, 3.63) is 95.1 Å². The first-order chi connectivity index (χ1) is 17.6. The summed E-state index contributed by atoms with van der Waals surface area (Å²) >= 11 is 0. The Balaban J connectivity index is 1.51. The number of hydrogen-bond donors (Lipinski definition) is 1. The van der Waals surface area contributed by atoms with E-state index in [0.717, 1.165) is 35.1 Å². The third-order valence-corrected chi connectivity index (χ3v) is 8.40. The molecule has 0 unspecified atom stereocenters. The Kier molecular flexibility index (Phi) is 7.80. The zero-order valence-electron chi connectivity index (χ0n) is 21.4. The van der Waals surface area contributed by atoms with Gasteiger partial charge in [0, 0.05) is 12.2 Å². The molecule has 0 saturated heterocycles. The third kappa shape index (κ3) is 6.09. The first kappa shape index (κ1) is 26.6. The van der Waals surface area contributed by atoms with Gasteiger partial charge in [-0.25, -0.2) is 8.42 Å². The van der Waals surface area contributed by atoms with Crippen LogP contribution in [0.3, 0.4) is 0 Å². The quantitative estimate of drug-likeness (QED) is 0.390. The maximum Gasteiger partial charge on any atom is 0.316 e. The number of sulfonamides is 1. The van der Waals surface area contributed by atoms with Crippen LogP contribution in [-0.4, -0.2) is 37.8 Å². The lowest BCUT2D eigenvalue weighted by Gasteiger charge is -2.22. The summed E-state index contributed by atoms with van der Waals surface area (Å²) < 4.78 is 33.4. The molecule has 1 saturated carbocycles. The molecular weight excluding hydrogens is 488 g/mol. The lowest BCUT2D eigenvalue weighted by Crippen LogP contribution is -2.37. The monoisotopic (exact) mass is 520 g/mol. The summed E-state index contributed by atoms with van der Waals surface area (Å²) in [5, 5.41) is 2.79. The van der Waals surface area contributed by atoms with Gasteiger partial charge in [0.1, 0.15) is 0 Å². The molecule has 1 fully saturated rings. The zero-order valence-corrected chi connectivity index (χ0v) is 22.2. The number of nitrogens with one attached hydrogen (secondary N) is 1. The van der Waals surface area contributed by atoms with Crippen molar-refractivity contribution in [2.24, 2.45) is 0 Å². The number of amides is 1. The molecular formula is C29H32N2O5S. The molecule has 0 aromatic heterocycles. The minimum Gasteiger partial charge on any atom is -0.465 e. The number of ether oxygens (including phenoxy) is 1. The number of rotatable bonds is 10. The summed E-state index contributed by atoms with van der Waals surface area (Å²) in [6.07, 6.45) is 1.48. The molecule has 37 heavy (non-hydrogen) atoms. The number of benzene rings is 3. The predicted octanol–water partition coefficient (Wildman–Crippen LogP) is 4.73. The Morgan fingerprint density at radius 1 is 0.892 bits per heavy atom.